The van der Waals surface area contributed by atoms with E-state index in [0.717, 1.165) is 0 Å². The highest BCUT2D eigenvalue weighted by Gasteiger charge is 2.05. The average molecular weight is 264 g/mol. The zero-order valence-electron chi connectivity index (χ0n) is 10.4. The number of carbonyl (C=O) groups excluding carboxylic acids is 2. The molecule has 0 aliphatic heterocycles. The van der Waals surface area contributed by atoms with E-state index in [9.17, 15) is 14.4 Å². The molecule has 0 saturated carbocycles. The van der Waals surface area contributed by atoms with E-state index in [4.69, 9.17) is 10.8 Å². The maximum Gasteiger partial charge on any atom is 0.303 e. The van der Waals surface area contributed by atoms with Crippen molar-refractivity contribution in [3.05, 3.63) is 29.8 Å². The van der Waals surface area contributed by atoms with Crippen molar-refractivity contribution in [2.75, 3.05) is 5.32 Å². The molecule has 4 N–H and O–H groups in total. The lowest BCUT2D eigenvalue weighted by Crippen LogP contribution is -2.13. The largest absolute Gasteiger partial charge is 0.481 e. The maximum atomic E-state index is 11.5. The summed E-state index contributed by atoms with van der Waals surface area (Å²) in [5.41, 5.74) is 6.05. The molecule has 1 aromatic carbocycles. The highest BCUT2D eigenvalue weighted by atomic mass is 16.4. The smallest absolute Gasteiger partial charge is 0.303 e. The van der Waals surface area contributed by atoms with Crippen molar-refractivity contribution in [1.29, 1.82) is 0 Å². The summed E-state index contributed by atoms with van der Waals surface area (Å²) < 4.78 is 0. The van der Waals surface area contributed by atoms with Crippen LogP contribution in [-0.2, 0) is 9.59 Å². The molecule has 0 saturated heterocycles. The molecule has 1 aromatic rings. The molecule has 0 radical (unpaired) electrons. The molecule has 6 heteroatoms. The van der Waals surface area contributed by atoms with Crippen molar-refractivity contribution in [1.82, 2.24) is 0 Å². The van der Waals surface area contributed by atoms with E-state index in [1.165, 1.54) is 12.1 Å². The van der Waals surface area contributed by atoms with Crippen molar-refractivity contribution in [2.45, 2.75) is 25.7 Å². The molecule has 0 aliphatic carbocycles. The van der Waals surface area contributed by atoms with Gasteiger partial charge in [-0.05, 0) is 37.1 Å². The summed E-state index contributed by atoms with van der Waals surface area (Å²) in [6.45, 7) is 0. The summed E-state index contributed by atoms with van der Waals surface area (Å²) in [7, 11) is 0. The molecule has 0 unspecified atom stereocenters. The Morgan fingerprint density at radius 1 is 1.05 bits per heavy atom. The quantitative estimate of drug-likeness (QED) is 0.646. The highest BCUT2D eigenvalue weighted by Crippen LogP contribution is 2.10. The van der Waals surface area contributed by atoms with Crippen molar-refractivity contribution in [3.8, 4) is 0 Å². The first-order chi connectivity index (χ1) is 8.99. The van der Waals surface area contributed by atoms with Gasteiger partial charge in [0.15, 0.2) is 0 Å². The van der Waals surface area contributed by atoms with Crippen LogP contribution in [0.15, 0.2) is 24.3 Å². The highest BCUT2D eigenvalue weighted by molar-refractivity contribution is 5.94. The fraction of sp³-hybridized carbons (Fsp3) is 0.308. The molecular formula is C13H16N2O4. The van der Waals surface area contributed by atoms with Crippen LogP contribution in [0.4, 0.5) is 5.69 Å². The standard InChI is InChI=1S/C13H16N2O4/c14-13(19)9-5-7-10(8-6-9)15-11(16)3-1-2-4-12(17)18/h5-8H,1-4H2,(H2,14,19)(H,15,16)(H,17,18). The van der Waals surface area contributed by atoms with Gasteiger partial charge in [-0.3, -0.25) is 14.4 Å². The molecule has 1 rings (SSSR count). The number of hydrogen-bond donors (Lipinski definition) is 3. The Morgan fingerprint density at radius 3 is 2.16 bits per heavy atom. The lowest BCUT2D eigenvalue weighted by molar-refractivity contribution is -0.137. The summed E-state index contributed by atoms with van der Waals surface area (Å²) in [4.78, 5) is 32.7. The summed E-state index contributed by atoms with van der Waals surface area (Å²) in [6, 6.07) is 6.25. The number of carbonyl (C=O) groups is 3. The number of hydrogen-bond acceptors (Lipinski definition) is 3. The number of primary amides is 1. The topological polar surface area (TPSA) is 109 Å². The van der Waals surface area contributed by atoms with Crippen LogP contribution in [0.5, 0.6) is 0 Å². The molecule has 0 fully saturated rings. The number of benzene rings is 1. The van der Waals surface area contributed by atoms with E-state index in [-0.39, 0.29) is 18.7 Å². The van der Waals surface area contributed by atoms with E-state index in [0.29, 0.717) is 24.1 Å². The second-order valence-corrected chi connectivity index (χ2v) is 4.09. The average Bonchev–Trinajstić information content (AvgIpc) is 2.35. The number of carboxylic acid groups (broad SMARTS) is 1. The van der Waals surface area contributed by atoms with Crippen LogP contribution in [-0.4, -0.2) is 22.9 Å². The second-order valence-electron chi connectivity index (χ2n) is 4.09. The van der Waals surface area contributed by atoms with Gasteiger partial charge in [-0.2, -0.15) is 0 Å². The molecule has 6 nitrogen and oxygen atoms in total. The van der Waals surface area contributed by atoms with Gasteiger partial charge >= 0.3 is 5.97 Å². The minimum atomic E-state index is -0.859. The molecule has 19 heavy (non-hydrogen) atoms. The van der Waals surface area contributed by atoms with Crippen molar-refractivity contribution < 1.29 is 19.5 Å². The summed E-state index contributed by atoms with van der Waals surface area (Å²) in [5.74, 6) is -1.56. The molecule has 2 amide bonds. The van der Waals surface area contributed by atoms with Crippen LogP contribution < -0.4 is 11.1 Å². The zero-order chi connectivity index (χ0) is 14.3. The Kier molecular flexibility index (Phi) is 5.53. The Hall–Kier alpha value is -2.37. The fourth-order valence-electron chi connectivity index (χ4n) is 1.50. The second kappa shape index (κ2) is 7.15. The third-order valence-corrected chi connectivity index (χ3v) is 2.50. The molecule has 0 heterocycles. The Labute approximate surface area is 110 Å². The first-order valence-corrected chi connectivity index (χ1v) is 5.90. The minimum absolute atomic E-state index is 0.0700. The van der Waals surface area contributed by atoms with Gasteiger partial charge < -0.3 is 16.2 Å². The normalized spacial score (nSPS) is 9.89. The lowest BCUT2D eigenvalue weighted by atomic mass is 10.1. The van der Waals surface area contributed by atoms with E-state index in [2.05, 4.69) is 5.32 Å². The predicted octanol–water partition coefficient (Wildman–Crippen LogP) is 1.37. The molecular weight excluding hydrogens is 248 g/mol. The molecule has 102 valence electrons. The Morgan fingerprint density at radius 2 is 1.63 bits per heavy atom. The first-order valence-electron chi connectivity index (χ1n) is 5.90. The van der Waals surface area contributed by atoms with E-state index in [1.807, 2.05) is 0 Å². The number of rotatable bonds is 7. The van der Waals surface area contributed by atoms with Gasteiger partial charge in [0.2, 0.25) is 11.8 Å². The fourth-order valence-corrected chi connectivity index (χ4v) is 1.50. The molecule has 0 aromatic heterocycles. The third-order valence-electron chi connectivity index (χ3n) is 2.50. The van der Waals surface area contributed by atoms with E-state index >= 15 is 0 Å². The van der Waals surface area contributed by atoms with Gasteiger partial charge in [-0.1, -0.05) is 0 Å². The van der Waals surface area contributed by atoms with Crippen LogP contribution in [0.3, 0.4) is 0 Å². The van der Waals surface area contributed by atoms with Gasteiger partial charge in [-0.15, -0.1) is 0 Å². The number of aliphatic carboxylic acids is 1. The van der Waals surface area contributed by atoms with E-state index in [1.54, 1.807) is 12.1 Å². The van der Waals surface area contributed by atoms with Gasteiger partial charge in [0.25, 0.3) is 0 Å². The zero-order valence-corrected chi connectivity index (χ0v) is 10.4. The summed E-state index contributed by atoms with van der Waals surface area (Å²) in [6.07, 6.45) is 1.34. The van der Waals surface area contributed by atoms with Gasteiger partial charge in [-0.25, -0.2) is 0 Å². The SMILES string of the molecule is NC(=O)c1ccc(NC(=O)CCCCC(=O)O)cc1. The first kappa shape index (κ1) is 14.7. The monoisotopic (exact) mass is 264 g/mol. The Balaban J connectivity index is 2.35. The van der Waals surface area contributed by atoms with Crippen molar-refractivity contribution >= 4 is 23.5 Å². The summed E-state index contributed by atoms with van der Waals surface area (Å²) in [5, 5.41) is 11.1. The van der Waals surface area contributed by atoms with Crippen LogP contribution in [0.2, 0.25) is 0 Å². The van der Waals surface area contributed by atoms with Gasteiger partial charge in [0, 0.05) is 24.1 Å². The third kappa shape index (κ3) is 5.67. The lowest BCUT2D eigenvalue weighted by Gasteiger charge is -2.05. The number of amides is 2. The van der Waals surface area contributed by atoms with Gasteiger partial charge in [0.1, 0.15) is 0 Å². The number of anilines is 1. The van der Waals surface area contributed by atoms with Crippen LogP contribution >= 0.6 is 0 Å². The molecule has 0 bridgehead atoms. The molecule has 0 atom stereocenters. The Bertz CT molecular complexity index is 468. The molecule has 0 aliphatic rings. The predicted molar refractivity (Wildman–Crippen MR) is 69.7 cm³/mol. The maximum absolute atomic E-state index is 11.5. The number of nitrogens with one attached hydrogen (secondary N) is 1. The summed E-state index contributed by atoms with van der Waals surface area (Å²) >= 11 is 0. The number of carboxylic acids is 1. The van der Waals surface area contributed by atoms with E-state index < -0.39 is 11.9 Å². The molecule has 0 spiro atoms. The van der Waals surface area contributed by atoms with Crippen molar-refractivity contribution in [3.63, 3.8) is 0 Å². The number of nitrogens with two attached hydrogens (primary N) is 1. The van der Waals surface area contributed by atoms with Crippen molar-refractivity contribution in [2.24, 2.45) is 5.73 Å². The van der Waals surface area contributed by atoms with Crippen LogP contribution in [0, 0.1) is 0 Å². The van der Waals surface area contributed by atoms with Crippen LogP contribution in [0.25, 0.3) is 0 Å². The minimum Gasteiger partial charge on any atom is -0.481 e. The van der Waals surface area contributed by atoms with Crippen LogP contribution in [0.1, 0.15) is 36.0 Å². The number of unbranched alkanes of at least 4 members (excludes halogenated alkanes) is 1. The van der Waals surface area contributed by atoms with Gasteiger partial charge in [0.05, 0.1) is 0 Å².